The molecule has 2 aromatic carbocycles. The molecular formula is C13H6IN3O5. The Bertz CT molecular complexity index is 816. The van der Waals surface area contributed by atoms with Gasteiger partial charge in [0.25, 0.3) is 5.69 Å². The minimum Gasteiger partial charge on any atom is -0.449 e. The summed E-state index contributed by atoms with van der Waals surface area (Å²) in [6.45, 7) is 0. The van der Waals surface area contributed by atoms with Crippen LogP contribution in [-0.4, -0.2) is 9.85 Å². The highest BCUT2D eigenvalue weighted by Gasteiger charge is 2.19. The molecule has 2 aromatic rings. The van der Waals surface area contributed by atoms with Crippen LogP contribution in [0.4, 0.5) is 11.4 Å². The number of nitro groups is 2. The monoisotopic (exact) mass is 411 g/mol. The van der Waals surface area contributed by atoms with Crippen molar-refractivity contribution in [2.24, 2.45) is 0 Å². The Morgan fingerprint density at radius 2 is 1.77 bits per heavy atom. The molecule has 0 fully saturated rings. The van der Waals surface area contributed by atoms with Crippen LogP contribution in [0.1, 0.15) is 5.56 Å². The summed E-state index contributed by atoms with van der Waals surface area (Å²) in [6.07, 6.45) is 0. The van der Waals surface area contributed by atoms with E-state index in [2.05, 4.69) is 0 Å². The van der Waals surface area contributed by atoms with Gasteiger partial charge in [0.05, 0.1) is 31.1 Å². The van der Waals surface area contributed by atoms with Crippen LogP contribution in [0, 0.1) is 35.1 Å². The SMILES string of the molecule is N#Cc1ccc(Oc2cc([N+](=O)[O-])ccc2I)c([N+](=O)[O-])c1. The third-order valence-corrected chi connectivity index (χ3v) is 3.52. The first-order valence-corrected chi connectivity index (χ1v) is 6.80. The van der Waals surface area contributed by atoms with Crippen molar-refractivity contribution in [3.8, 4) is 17.6 Å². The summed E-state index contributed by atoms with van der Waals surface area (Å²) in [5, 5.41) is 30.6. The predicted molar refractivity (Wildman–Crippen MR) is 83.7 cm³/mol. The van der Waals surface area contributed by atoms with Crippen molar-refractivity contribution >= 4 is 34.0 Å². The van der Waals surface area contributed by atoms with Crippen LogP contribution < -0.4 is 4.74 Å². The van der Waals surface area contributed by atoms with Gasteiger partial charge in [-0.15, -0.1) is 0 Å². The fraction of sp³-hybridized carbons (Fsp3) is 0. The maximum Gasteiger partial charge on any atom is 0.312 e. The van der Waals surface area contributed by atoms with E-state index in [9.17, 15) is 20.2 Å². The van der Waals surface area contributed by atoms with Gasteiger partial charge in [0.1, 0.15) is 5.75 Å². The lowest BCUT2D eigenvalue weighted by atomic mass is 10.2. The molecule has 0 saturated carbocycles. The van der Waals surface area contributed by atoms with Gasteiger partial charge in [0, 0.05) is 12.1 Å². The first-order valence-electron chi connectivity index (χ1n) is 5.72. The lowest BCUT2D eigenvalue weighted by molar-refractivity contribution is -0.386. The van der Waals surface area contributed by atoms with Crippen LogP contribution in [0.15, 0.2) is 36.4 Å². The number of halogens is 1. The first kappa shape index (κ1) is 15.6. The van der Waals surface area contributed by atoms with E-state index in [4.69, 9.17) is 10.00 Å². The minimum absolute atomic E-state index is 0.0950. The van der Waals surface area contributed by atoms with E-state index in [0.717, 1.165) is 6.07 Å². The molecule has 110 valence electrons. The number of nitro benzene ring substituents is 2. The van der Waals surface area contributed by atoms with Crippen LogP contribution in [-0.2, 0) is 0 Å². The molecule has 0 aromatic heterocycles. The van der Waals surface area contributed by atoms with E-state index >= 15 is 0 Å². The number of nitrogens with zero attached hydrogens (tertiary/aromatic N) is 3. The van der Waals surface area contributed by atoms with Crippen molar-refractivity contribution in [3.63, 3.8) is 0 Å². The molecule has 0 bridgehead atoms. The van der Waals surface area contributed by atoms with Crippen LogP contribution in [0.2, 0.25) is 0 Å². The number of rotatable bonds is 4. The molecule has 0 heterocycles. The van der Waals surface area contributed by atoms with Gasteiger partial charge in [-0.3, -0.25) is 20.2 Å². The molecule has 0 radical (unpaired) electrons. The summed E-state index contributed by atoms with van der Waals surface area (Å²) in [6, 6.07) is 9.50. The molecule has 0 atom stereocenters. The molecule has 2 rings (SSSR count). The topological polar surface area (TPSA) is 119 Å². The highest BCUT2D eigenvalue weighted by molar-refractivity contribution is 14.1. The molecule has 0 saturated heterocycles. The van der Waals surface area contributed by atoms with Gasteiger partial charge in [0.2, 0.25) is 5.75 Å². The summed E-state index contributed by atoms with van der Waals surface area (Å²) in [4.78, 5) is 20.6. The van der Waals surface area contributed by atoms with Crippen molar-refractivity contribution < 1.29 is 14.6 Å². The molecule has 0 amide bonds. The average molecular weight is 411 g/mol. The zero-order chi connectivity index (χ0) is 16.3. The molecule has 0 aliphatic carbocycles. The van der Waals surface area contributed by atoms with Crippen molar-refractivity contribution in [2.45, 2.75) is 0 Å². The smallest absolute Gasteiger partial charge is 0.312 e. The fourth-order valence-corrected chi connectivity index (χ4v) is 2.06. The summed E-state index contributed by atoms with van der Waals surface area (Å²) in [7, 11) is 0. The summed E-state index contributed by atoms with van der Waals surface area (Å²) in [5.74, 6) is 0.0324. The van der Waals surface area contributed by atoms with E-state index in [0.29, 0.717) is 3.57 Å². The maximum atomic E-state index is 11.0. The third kappa shape index (κ3) is 3.29. The van der Waals surface area contributed by atoms with E-state index in [1.165, 1.54) is 30.3 Å². The number of non-ortho nitro benzene ring substituents is 1. The van der Waals surface area contributed by atoms with Gasteiger partial charge in [-0.1, -0.05) is 0 Å². The van der Waals surface area contributed by atoms with Gasteiger partial charge in [0.15, 0.2) is 0 Å². The third-order valence-electron chi connectivity index (χ3n) is 2.63. The van der Waals surface area contributed by atoms with Crippen LogP contribution >= 0.6 is 22.6 Å². The van der Waals surface area contributed by atoms with Crippen molar-refractivity contribution in [1.82, 2.24) is 0 Å². The number of ether oxygens (including phenoxy) is 1. The quantitative estimate of drug-likeness (QED) is 0.429. The second kappa shape index (κ2) is 6.35. The van der Waals surface area contributed by atoms with E-state index < -0.39 is 9.85 Å². The van der Waals surface area contributed by atoms with E-state index in [-0.39, 0.29) is 28.4 Å². The van der Waals surface area contributed by atoms with Gasteiger partial charge in [-0.05, 0) is 40.8 Å². The fourth-order valence-electron chi connectivity index (χ4n) is 1.62. The standard InChI is InChI=1S/C13H6IN3O5/c14-10-3-2-9(16(18)19)6-13(10)22-12-4-1-8(7-15)5-11(12)17(20)21/h1-6H. The van der Waals surface area contributed by atoms with Crippen LogP contribution in [0.3, 0.4) is 0 Å². The molecule has 0 aliphatic rings. The first-order chi connectivity index (χ1) is 10.4. The Morgan fingerprint density at radius 3 is 2.36 bits per heavy atom. The number of benzene rings is 2. The molecular weight excluding hydrogens is 405 g/mol. The van der Waals surface area contributed by atoms with Crippen molar-refractivity contribution in [1.29, 1.82) is 5.26 Å². The zero-order valence-corrected chi connectivity index (χ0v) is 12.9. The molecule has 0 spiro atoms. The largest absolute Gasteiger partial charge is 0.449 e. The molecule has 9 heteroatoms. The Labute approximate surface area is 137 Å². The lowest BCUT2D eigenvalue weighted by Crippen LogP contribution is -1.96. The second-order valence-electron chi connectivity index (χ2n) is 4.03. The van der Waals surface area contributed by atoms with Crippen molar-refractivity contribution in [3.05, 3.63) is 65.8 Å². The Balaban J connectivity index is 2.47. The van der Waals surface area contributed by atoms with Gasteiger partial charge >= 0.3 is 5.69 Å². The number of hydrogen-bond donors (Lipinski definition) is 0. The van der Waals surface area contributed by atoms with Gasteiger partial charge in [-0.25, -0.2) is 0 Å². The van der Waals surface area contributed by atoms with Gasteiger partial charge < -0.3 is 4.74 Å². The van der Waals surface area contributed by atoms with Crippen LogP contribution in [0.5, 0.6) is 11.5 Å². The lowest BCUT2D eigenvalue weighted by Gasteiger charge is -2.08. The van der Waals surface area contributed by atoms with Crippen molar-refractivity contribution in [2.75, 3.05) is 0 Å². The minimum atomic E-state index is -0.680. The predicted octanol–water partition coefficient (Wildman–Crippen LogP) is 3.77. The Kier molecular flexibility index (Phi) is 4.52. The highest BCUT2D eigenvalue weighted by atomic mass is 127. The van der Waals surface area contributed by atoms with Gasteiger partial charge in [-0.2, -0.15) is 5.26 Å². The Morgan fingerprint density at radius 1 is 1.05 bits per heavy atom. The number of nitriles is 1. The van der Waals surface area contributed by atoms with E-state index in [1.54, 1.807) is 6.07 Å². The molecule has 0 unspecified atom stereocenters. The average Bonchev–Trinajstić information content (AvgIpc) is 2.49. The zero-order valence-electron chi connectivity index (χ0n) is 10.7. The van der Waals surface area contributed by atoms with E-state index in [1.807, 2.05) is 22.6 Å². The molecule has 0 aliphatic heterocycles. The molecule has 0 N–H and O–H groups in total. The Hall–Kier alpha value is -2.74. The second-order valence-corrected chi connectivity index (χ2v) is 5.19. The molecule has 22 heavy (non-hydrogen) atoms. The normalized spacial score (nSPS) is 9.82. The summed E-state index contributed by atoms with van der Waals surface area (Å²) >= 11 is 1.90. The number of hydrogen-bond acceptors (Lipinski definition) is 6. The highest BCUT2D eigenvalue weighted by Crippen LogP contribution is 2.35. The van der Waals surface area contributed by atoms with Crippen LogP contribution in [0.25, 0.3) is 0 Å². The summed E-state index contributed by atoms with van der Waals surface area (Å²) in [5.41, 5.74) is -0.458. The molecule has 8 nitrogen and oxygen atoms in total. The maximum absolute atomic E-state index is 11.0. The summed E-state index contributed by atoms with van der Waals surface area (Å²) < 4.78 is 5.99.